The predicted octanol–water partition coefficient (Wildman–Crippen LogP) is 2.38. The van der Waals surface area contributed by atoms with Crippen molar-refractivity contribution in [1.82, 2.24) is 10.2 Å². The Balaban J connectivity index is 2.72. The molecule has 0 aliphatic heterocycles. The molecule has 0 aromatic rings. The molecule has 0 spiro atoms. The van der Waals surface area contributed by atoms with Gasteiger partial charge in [-0.1, -0.05) is 20.8 Å². The highest BCUT2D eigenvalue weighted by Crippen LogP contribution is 2.32. The molecule has 21 heavy (non-hydrogen) atoms. The molecule has 1 rings (SSSR count). The average molecular weight is 300 g/mol. The highest BCUT2D eigenvalue weighted by Gasteiger charge is 2.36. The lowest BCUT2D eigenvalue weighted by atomic mass is 9.75. The molecule has 1 saturated carbocycles. The first-order valence-electron chi connectivity index (χ1n) is 8.59. The largest absolute Gasteiger partial charge is 0.385 e. The number of rotatable bonds is 10. The van der Waals surface area contributed by atoms with Crippen molar-refractivity contribution in [2.75, 3.05) is 47.1 Å². The lowest BCUT2D eigenvalue weighted by Gasteiger charge is -2.46. The smallest absolute Gasteiger partial charge is 0.0589 e. The van der Waals surface area contributed by atoms with Gasteiger partial charge in [0, 0.05) is 46.0 Å². The highest BCUT2D eigenvalue weighted by atomic mass is 16.5. The van der Waals surface area contributed by atoms with Crippen LogP contribution >= 0.6 is 0 Å². The first-order chi connectivity index (χ1) is 10.1. The first-order valence-corrected chi connectivity index (χ1v) is 8.59. The van der Waals surface area contributed by atoms with E-state index in [4.69, 9.17) is 9.47 Å². The zero-order valence-electron chi connectivity index (χ0n) is 14.7. The third-order valence-electron chi connectivity index (χ3n) is 4.69. The van der Waals surface area contributed by atoms with Gasteiger partial charge in [0.1, 0.15) is 0 Å². The molecule has 1 N–H and O–H groups in total. The topological polar surface area (TPSA) is 33.7 Å². The lowest BCUT2D eigenvalue weighted by Crippen LogP contribution is -2.57. The van der Waals surface area contributed by atoms with Crippen LogP contribution in [0.2, 0.25) is 0 Å². The van der Waals surface area contributed by atoms with E-state index in [1.54, 1.807) is 14.2 Å². The molecular weight excluding hydrogens is 264 g/mol. The molecule has 0 radical (unpaired) electrons. The van der Waals surface area contributed by atoms with Gasteiger partial charge in [0.15, 0.2) is 0 Å². The SMILES string of the molecule is CCNC1CC(C)CC(C)C1N(CCCOC)CCOC. The van der Waals surface area contributed by atoms with E-state index < -0.39 is 0 Å². The maximum absolute atomic E-state index is 5.33. The van der Waals surface area contributed by atoms with Crippen LogP contribution in [-0.2, 0) is 9.47 Å². The van der Waals surface area contributed by atoms with Crippen LogP contribution in [0.15, 0.2) is 0 Å². The van der Waals surface area contributed by atoms with E-state index in [0.29, 0.717) is 12.1 Å². The van der Waals surface area contributed by atoms with E-state index >= 15 is 0 Å². The van der Waals surface area contributed by atoms with Crippen molar-refractivity contribution in [2.24, 2.45) is 11.8 Å². The van der Waals surface area contributed by atoms with Gasteiger partial charge in [0.25, 0.3) is 0 Å². The summed E-state index contributed by atoms with van der Waals surface area (Å²) in [5.41, 5.74) is 0. The molecule has 4 unspecified atom stereocenters. The minimum atomic E-state index is 0.605. The third kappa shape index (κ3) is 6.23. The summed E-state index contributed by atoms with van der Waals surface area (Å²) in [5, 5.41) is 3.73. The van der Waals surface area contributed by atoms with Crippen molar-refractivity contribution in [3.05, 3.63) is 0 Å². The normalized spacial score (nSPS) is 30.0. The van der Waals surface area contributed by atoms with Gasteiger partial charge >= 0.3 is 0 Å². The van der Waals surface area contributed by atoms with Crippen LogP contribution in [-0.4, -0.2) is 64.1 Å². The summed E-state index contributed by atoms with van der Waals surface area (Å²) in [6.45, 7) is 11.8. The summed E-state index contributed by atoms with van der Waals surface area (Å²) in [4.78, 5) is 2.63. The van der Waals surface area contributed by atoms with Crippen molar-refractivity contribution >= 4 is 0 Å². The Morgan fingerprint density at radius 1 is 1.05 bits per heavy atom. The maximum Gasteiger partial charge on any atom is 0.0589 e. The molecule has 4 atom stereocenters. The monoisotopic (exact) mass is 300 g/mol. The molecule has 0 bridgehead atoms. The lowest BCUT2D eigenvalue weighted by molar-refractivity contribution is 0.0362. The van der Waals surface area contributed by atoms with Gasteiger partial charge in [-0.05, 0) is 37.6 Å². The minimum Gasteiger partial charge on any atom is -0.385 e. The molecule has 1 aliphatic rings. The van der Waals surface area contributed by atoms with Gasteiger partial charge in [-0.3, -0.25) is 4.90 Å². The number of hydrogen-bond acceptors (Lipinski definition) is 4. The van der Waals surface area contributed by atoms with Crippen molar-refractivity contribution < 1.29 is 9.47 Å². The second kappa shape index (κ2) is 10.5. The number of nitrogens with one attached hydrogen (secondary N) is 1. The summed E-state index contributed by atoms with van der Waals surface area (Å²) >= 11 is 0. The summed E-state index contributed by atoms with van der Waals surface area (Å²) in [5.74, 6) is 1.56. The molecule has 4 heteroatoms. The molecule has 0 aromatic carbocycles. The van der Waals surface area contributed by atoms with Crippen LogP contribution in [0.3, 0.4) is 0 Å². The van der Waals surface area contributed by atoms with Crippen LogP contribution in [0.4, 0.5) is 0 Å². The van der Waals surface area contributed by atoms with Crippen LogP contribution < -0.4 is 5.32 Å². The van der Waals surface area contributed by atoms with Gasteiger partial charge in [-0.15, -0.1) is 0 Å². The summed E-state index contributed by atoms with van der Waals surface area (Å²) in [7, 11) is 3.58. The number of likely N-dealkylation sites (N-methyl/N-ethyl adjacent to an activating group) is 1. The van der Waals surface area contributed by atoms with Gasteiger partial charge in [-0.25, -0.2) is 0 Å². The fourth-order valence-electron chi connectivity index (χ4n) is 3.95. The Morgan fingerprint density at radius 2 is 1.76 bits per heavy atom. The molecule has 0 aromatic heterocycles. The van der Waals surface area contributed by atoms with E-state index in [-0.39, 0.29) is 0 Å². The molecular formula is C17H36N2O2. The average Bonchev–Trinajstić information content (AvgIpc) is 2.43. The van der Waals surface area contributed by atoms with E-state index in [1.165, 1.54) is 12.8 Å². The molecule has 4 nitrogen and oxygen atoms in total. The Kier molecular flexibility index (Phi) is 9.49. The Labute approximate surface area is 131 Å². The van der Waals surface area contributed by atoms with Crippen LogP contribution in [0, 0.1) is 11.8 Å². The standard InChI is InChI=1S/C17H36N2O2/c1-6-18-16-13-14(2)12-15(3)17(16)19(9-11-21-5)8-7-10-20-4/h14-18H,6-13H2,1-5H3. The van der Waals surface area contributed by atoms with Crippen LogP contribution in [0.1, 0.15) is 40.0 Å². The second-order valence-electron chi connectivity index (χ2n) is 6.58. The van der Waals surface area contributed by atoms with Gasteiger partial charge in [-0.2, -0.15) is 0 Å². The van der Waals surface area contributed by atoms with Crippen LogP contribution in [0.5, 0.6) is 0 Å². The minimum absolute atomic E-state index is 0.605. The van der Waals surface area contributed by atoms with Crippen molar-refractivity contribution in [1.29, 1.82) is 0 Å². The third-order valence-corrected chi connectivity index (χ3v) is 4.69. The second-order valence-corrected chi connectivity index (χ2v) is 6.58. The van der Waals surface area contributed by atoms with E-state index in [0.717, 1.165) is 51.1 Å². The summed E-state index contributed by atoms with van der Waals surface area (Å²) in [6, 6.07) is 1.22. The fraction of sp³-hybridized carbons (Fsp3) is 1.00. The Morgan fingerprint density at radius 3 is 2.38 bits per heavy atom. The quantitative estimate of drug-likeness (QED) is 0.628. The molecule has 0 saturated heterocycles. The molecule has 1 aliphatic carbocycles. The number of ether oxygens (including phenoxy) is 2. The number of nitrogens with zero attached hydrogens (tertiary/aromatic N) is 1. The maximum atomic E-state index is 5.33. The molecule has 0 amide bonds. The zero-order chi connectivity index (χ0) is 15.7. The molecule has 0 heterocycles. The molecule has 126 valence electrons. The van der Waals surface area contributed by atoms with E-state index in [1.807, 2.05) is 0 Å². The summed E-state index contributed by atoms with van der Waals surface area (Å²) < 4.78 is 10.6. The van der Waals surface area contributed by atoms with Crippen molar-refractivity contribution in [3.63, 3.8) is 0 Å². The number of hydrogen-bond donors (Lipinski definition) is 1. The van der Waals surface area contributed by atoms with Gasteiger partial charge in [0.2, 0.25) is 0 Å². The number of methoxy groups -OCH3 is 2. The van der Waals surface area contributed by atoms with Crippen LogP contribution in [0.25, 0.3) is 0 Å². The first kappa shape index (κ1) is 18.9. The van der Waals surface area contributed by atoms with Gasteiger partial charge in [0.05, 0.1) is 6.61 Å². The Bertz CT molecular complexity index is 263. The van der Waals surface area contributed by atoms with Gasteiger partial charge < -0.3 is 14.8 Å². The Hall–Kier alpha value is -0.160. The summed E-state index contributed by atoms with van der Waals surface area (Å²) in [6.07, 6.45) is 3.72. The fourth-order valence-corrected chi connectivity index (χ4v) is 3.95. The predicted molar refractivity (Wildman–Crippen MR) is 88.8 cm³/mol. The van der Waals surface area contributed by atoms with Crippen molar-refractivity contribution in [3.8, 4) is 0 Å². The van der Waals surface area contributed by atoms with E-state index in [9.17, 15) is 0 Å². The molecule has 1 fully saturated rings. The zero-order valence-corrected chi connectivity index (χ0v) is 14.7. The van der Waals surface area contributed by atoms with Crippen molar-refractivity contribution in [2.45, 2.75) is 52.1 Å². The van der Waals surface area contributed by atoms with E-state index in [2.05, 4.69) is 31.0 Å². The highest BCUT2D eigenvalue weighted by molar-refractivity contribution is 4.94.